The van der Waals surface area contributed by atoms with Gasteiger partial charge in [-0.15, -0.1) is 0 Å². The number of amides is 1. The molecule has 0 atom stereocenters. The van der Waals surface area contributed by atoms with Crippen molar-refractivity contribution in [2.75, 3.05) is 24.5 Å². The quantitative estimate of drug-likeness (QED) is 0.711. The van der Waals surface area contributed by atoms with E-state index in [2.05, 4.69) is 12.2 Å². The molecular formula is C15H22N2O3. The number of hydrogen-bond donors (Lipinski definition) is 2. The number of carboxylic acid groups (broad SMARTS) is 1. The Kier molecular flexibility index (Phi) is 6.56. The van der Waals surface area contributed by atoms with Gasteiger partial charge in [0.25, 0.3) is 0 Å². The standard InChI is InChI=1S/C15H22N2O3/c1-3-4-9-16-14(18)10-17(11-15(19)20)13-7-5-12(2)6-8-13/h5-8H,3-4,9-11H2,1-2H3,(H,16,18)(H,19,20). The molecule has 0 unspecified atom stereocenters. The van der Waals surface area contributed by atoms with Gasteiger partial charge in [0.15, 0.2) is 0 Å². The van der Waals surface area contributed by atoms with Gasteiger partial charge in [-0.25, -0.2) is 0 Å². The number of benzene rings is 1. The highest BCUT2D eigenvalue weighted by atomic mass is 16.4. The maximum atomic E-state index is 11.8. The third-order valence-electron chi connectivity index (χ3n) is 2.91. The molecule has 1 aromatic carbocycles. The topological polar surface area (TPSA) is 69.6 Å². The Morgan fingerprint density at radius 3 is 2.40 bits per heavy atom. The van der Waals surface area contributed by atoms with Gasteiger partial charge in [0, 0.05) is 12.2 Å². The fourth-order valence-electron chi connectivity index (χ4n) is 1.79. The average molecular weight is 278 g/mol. The first-order chi connectivity index (χ1) is 9.52. The van der Waals surface area contributed by atoms with Gasteiger partial charge in [-0.1, -0.05) is 31.0 Å². The highest BCUT2D eigenvalue weighted by Crippen LogP contribution is 2.14. The molecule has 110 valence electrons. The monoisotopic (exact) mass is 278 g/mol. The summed E-state index contributed by atoms with van der Waals surface area (Å²) < 4.78 is 0. The van der Waals surface area contributed by atoms with Crippen LogP contribution in [0.1, 0.15) is 25.3 Å². The van der Waals surface area contributed by atoms with Crippen LogP contribution in [0.2, 0.25) is 0 Å². The molecule has 2 N–H and O–H groups in total. The molecule has 0 spiro atoms. The molecule has 0 heterocycles. The third kappa shape index (κ3) is 5.73. The molecule has 5 nitrogen and oxygen atoms in total. The first-order valence-electron chi connectivity index (χ1n) is 6.83. The van der Waals surface area contributed by atoms with Crippen molar-refractivity contribution >= 4 is 17.6 Å². The highest BCUT2D eigenvalue weighted by Gasteiger charge is 2.14. The molecule has 1 amide bonds. The lowest BCUT2D eigenvalue weighted by Gasteiger charge is -2.22. The number of nitrogens with one attached hydrogen (secondary N) is 1. The lowest BCUT2D eigenvalue weighted by Crippen LogP contribution is -2.40. The van der Waals surface area contributed by atoms with E-state index < -0.39 is 5.97 Å². The van der Waals surface area contributed by atoms with Gasteiger partial charge < -0.3 is 15.3 Å². The second kappa shape index (κ2) is 8.19. The maximum Gasteiger partial charge on any atom is 0.323 e. The fraction of sp³-hybridized carbons (Fsp3) is 0.467. The zero-order valence-electron chi connectivity index (χ0n) is 12.1. The minimum absolute atomic E-state index is 0.0546. The molecule has 1 aromatic rings. The van der Waals surface area contributed by atoms with Gasteiger partial charge in [-0.3, -0.25) is 9.59 Å². The predicted molar refractivity (Wildman–Crippen MR) is 78.9 cm³/mol. The number of carbonyl (C=O) groups is 2. The molecule has 20 heavy (non-hydrogen) atoms. The summed E-state index contributed by atoms with van der Waals surface area (Å²) in [5, 5.41) is 11.7. The second-order valence-corrected chi connectivity index (χ2v) is 4.79. The highest BCUT2D eigenvalue weighted by molar-refractivity contribution is 5.84. The van der Waals surface area contributed by atoms with Crippen molar-refractivity contribution in [3.8, 4) is 0 Å². The number of rotatable bonds is 8. The van der Waals surface area contributed by atoms with E-state index in [4.69, 9.17) is 5.11 Å². The van der Waals surface area contributed by atoms with Gasteiger partial charge in [0.05, 0.1) is 6.54 Å². The molecule has 0 aromatic heterocycles. The Hall–Kier alpha value is -2.04. The van der Waals surface area contributed by atoms with Crippen LogP contribution in [0.4, 0.5) is 5.69 Å². The van der Waals surface area contributed by atoms with Gasteiger partial charge in [-0.2, -0.15) is 0 Å². The van der Waals surface area contributed by atoms with E-state index in [9.17, 15) is 9.59 Å². The van der Waals surface area contributed by atoms with Crippen LogP contribution in [0.5, 0.6) is 0 Å². The van der Waals surface area contributed by atoms with Crippen LogP contribution in [-0.4, -0.2) is 36.6 Å². The number of anilines is 1. The van der Waals surface area contributed by atoms with Crippen LogP contribution in [-0.2, 0) is 9.59 Å². The van der Waals surface area contributed by atoms with Crippen LogP contribution >= 0.6 is 0 Å². The zero-order chi connectivity index (χ0) is 15.0. The smallest absolute Gasteiger partial charge is 0.323 e. The summed E-state index contributed by atoms with van der Waals surface area (Å²) >= 11 is 0. The van der Waals surface area contributed by atoms with Crippen LogP contribution < -0.4 is 10.2 Å². The van der Waals surface area contributed by atoms with Crippen molar-refractivity contribution in [2.45, 2.75) is 26.7 Å². The van der Waals surface area contributed by atoms with E-state index in [0.29, 0.717) is 6.54 Å². The number of nitrogens with zero attached hydrogens (tertiary/aromatic N) is 1. The minimum Gasteiger partial charge on any atom is -0.480 e. The summed E-state index contributed by atoms with van der Waals surface area (Å²) in [4.78, 5) is 24.3. The molecule has 5 heteroatoms. The lowest BCUT2D eigenvalue weighted by atomic mass is 10.2. The number of aliphatic carboxylic acids is 1. The molecule has 0 aliphatic carbocycles. The van der Waals surface area contributed by atoms with Crippen molar-refractivity contribution in [1.29, 1.82) is 0 Å². The minimum atomic E-state index is -0.952. The molecule has 0 radical (unpaired) electrons. The summed E-state index contributed by atoms with van der Waals surface area (Å²) in [6.45, 7) is 4.51. The van der Waals surface area contributed by atoms with E-state index in [1.54, 1.807) is 4.90 Å². The second-order valence-electron chi connectivity index (χ2n) is 4.79. The largest absolute Gasteiger partial charge is 0.480 e. The van der Waals surface area contributed by atoms with E-state index in [1.807, 2.05) is 31.2 Å². The van der Waals surface area contributed by atoms with Crippen LogP contribution in [0.25, 0.3) is 0 Å². The molecule has 0 aliphatic rings. The van der Waals surface area contributed by atoms with E-state index in [-0.39, 0.29) is 19.0 Å². The summed E-state index contributed by atoms with van der Waals surface area (Å²) in [5.41, 5.74) is 1.83. The maximum absolute atomic E-state index is 11.8. The Labute approximate surface area is 119 Å². The molecule has 0 aliphatic heterocycles. The van der Waals surface area contributed by atoms with E-state index >= 15 is 0 Å². The average Bonchev–Trinajstić information content (AvgIpc) is 2.38. The Bertz CT molecular complexity index is 443. The summed E-state index contributed by atoms with van der Waals surface area (Å²) in [5.74, 6) is -1.10. The molecule has 1 rings (SSSR count). The molecule has 0 fully saturated rings. The van der Waals surface area contributed by atoms with Crippen molar-refractivity contribution in [3.05, 3.63) is 29.8 Å². The number of hydrogen-bond acceptors (Lipinski definition) is 3. The molecular weight excluding hydrogens is 256 g/mol. The number of unbranched alkanes of at least 4 members (excludes halogenated alkanes) is 1. The summed E-state index contributed by atoms with van der Waals surface area (Å²) in [6.07, 6.45) is 1.94. The summed E-state index contributed by atoms with van der Waals surface area (Å²) in [7, 11) is 0. The van der Waals surface area contributed by atoms with Gasteiger partial charge in [0.2, 0.25) is 5.91 Å². The van der Waals surface area contributed by atoms with Crippen LogP contribution in [0.15, 0.2) is 24.3 Å². The normalized spacial score (nSPS) is 10.1. The van der Waals surface area contributed by atoms with Crippen molar-refractivity contribution in [1.82, 2.24) is 5.32 Å². The van der Waals surface area contributed by atoms with Crippen molar-refractivity contribution in [3.63, 3.8) is 0 Å². The molecule has 0 bridgehead atoms. The fourth-order valence-corrected chi connectivity index (χ4v) is 1.79. The Morgan fingerprint density at radius 1 is 1.20 bits per heavy atom. The van der Waals surface area contributed by atoms with E-state index in [0.717, 1.165) is 24.1 Å². The Balaban J connectivity index is 2.67. The van der Waals surface area contributed by atoms with Crippen LogP contribution in [0, 0.1) is 6.92 Å². The first kappa shape index (κ1) is 16.0. The van der Waals surface area contributed by atoms with Gasteiger partial charge >= 0.3 is 5.97 Å². The molecule has 0 saturated heterocycles. The predicted octanol–water partition coefficient (Wildman–Crippen LogP) is 1.80. The van der Waals surface area contributed by atoms with Gasteiger partial charge in [-0.05, 0) is 25.5 Å². The van der Waals surface area contributed by atoms with E-state index in [1.165, 1.54) is 0 Å². The first-order valence-corrected chi connectivity index (χ1v) is 6.83. The Morgan fingerprint density at radius 2 is 1.85 bits per heavy atom. The van der Waals surface area contributed by atoms with Gasteiger partial charge in [0.1, 0.15) is 6.54 Å². The zero-order valence-corrected chi connectivity index (χ0v) is 12.1. The van der Waals surface area contributed by atoms with Crippen molar-refractivity contribution < 1.29 is 14.7 Å². The van der Waals surface area contributed by atoms with Crippen LogP contribution in [0.3, 0.4) is 0 Å². The third-order valence-corrected chi connectivity index (χ3v) is 2.91. The lowest BCUT2D eigenvalue weighted by molar-refractivity contribution is -0.135. The van der Waals surface area contributed by atoms with Crippen molar-refractivity contribution in [2.24, 2.45) is 0 Å². The summed E-state index contributed by atoms with van der Waals surface area (Å²) in [6, 6.07) is 7.47. The SMILES string of the molecule is CCCCNC(=O)CN(CC(=O)O)c1ccc(C)cc1. The molecule has 0 saturated carbocycles. The number of carbonyl (C=O) groups excluding carboxylic acids is 1. The number of carboxylic acids is 1. The number of aryl methyl sites for hydroxylation is 1.